The summed E-state index contributed by atoms with van der Waals surface area (Å²) in [6.45, 7) is 7.73. The quantitative estimate of drug-likeness (QED) is 0.873. The molecule has 1 aromatic rings. The molecule has 0 aliphatic heterocycles. The molecule has 1 aromatic carbocycles. The smallest absolute Gasteiger partial charge is 0.407 e. The minimum absolute atomic E-state index is 0.187. The average Bonchev–Trinajstić information content (AvgIpc) is 2.42. The van der Waals surface area contributed by atoms with E-state index < -0.39 is 5.60 Å². The zero-order valence-electron chi connectivity index (χ0n) is 14.7. The van der Waals surface area contributed by atoms with Gasteiger partial charge < -0.3 is 20.1 Å². The molecule has 2 rings (SSSR count). The van der Waals surface area contributed by atoms with E-state index in [2.05, 4.69) is 23.6 Å². The average molecular weight is 320 g/mol. The predicted octanol–water partition coefficient (Wildman–Crippen LogP) is 3.40. The van der Waals surface area contributed by atoms with Crippen LogP contribution in [0, 0.1) is 0 Å². The lowest BCUT2D eigenvalue weighted by atomic mass is 9.86. The normalized spacial score (nSPS) is 22.0. The number of hydrogen-bond donors (Lipinski definition) is 2. The Hall–Kier alpha value is -1.75. The molecule has 0 aromatic heterocycles. The SMILES string of the molecule is COc1ccccc1[C@@H](C)NC1CC(NC(=O)OC(C)(C)C)C1. The molecule has 1 aliphatic rings. The lowest BCUT2D eigenvalue weighted by Crippen LogP contribution is -2.53. The topological polar surface area (TPSA) is 59.6 Å². The maximum absolute atomic E-state index is 11.7. The van der Waals surface area contributed by atoms with Crippen molar-refractivity contribution in [2.75, 3.05) is 7.11 Å². The van der Waals surface area contributed by atoms with Gasteiger partial charge in [0.1, 0.15) is 11.4 Å². The Morgan fingerprint density at radius 2 is 1.87 bits per heavy atom. The van der Waals surface area contributed by atoms with Crippen molar-refractivity contribution in [3.8, 4) is 5.75 Å². The van der Waals surface area contributed by atoms with E-state index in [9.17, 15) is 4.79 Å². The van der Waals surface area contributed by atoms with Gasteiger partial charge in [0.05, 0.1) is 7.11 Å². The van der Waals surface area contributed by atoms with Crippen LogP contribution in [0.15, 0.2) is 24.3 Å². The fourth-order valence-electron chi connectivity index (χ4n) is 2.81. The zero-order chi connectivity index (χ0) is 17.0. The van der Waals surface area contributed by atoms with E-state index in [0.717, 1.165) is 24.2 Å². The molecule has 2 N–H and O–H groups in total. The van der Waals surface area contributed by atoms with Gasteiger partial charge in [0.15, 0.2) is 0 Å². The van der Waals surface area contributed by atoms with Gasteiger partial charge in [-0.05, 0) is 46.6 Å². The van der Waals surface area contributed by atoms with Gasteiger partial charge in [-0.3, -0.25) is 0 Å². The van der Waals surface area contributed by atoms with Crippen LogP contribution in [0.1, 0.15) is 52.1 Å². The van der Waals surface area contributed by atoms with Crippen molar-refractivity contribution in [2.24, 2.45) is 0 Å². The molecule has 0 radical (unpaired) electrons. The fraction of sp³-hybridized carbons (Fsp3) is 0.611. The second kappa shape index (κ2) is 7.21. The summed E-state index contributed by atoms with van der Waals surface area (Å²) in [5, 5.41) is 6.50. The number of methoxy groups -OCH3 is 1. The van der Waals surface area contributed by atoms with Crippen LogP contribution >= 0.6 is 0 Å². The van der Waals surface area contributed by atoms with Crippen LogP contribution in [0.5, 0.6) is 5.75 Å². The molecule has 0 heterocycles. The van der Waals surface area contributed by atoms with Crippen LogP contribution in [-0.2, 0) is 4.74 Å². The van der Waals surface area contributed by atoms with E-state index in [-0.39, 0.29) is 18.2 Å². The number of carbonyl (C=O) groups is 1. The van der Waals surface area contributed by atoms with E-state index in [1.807, 2.05) is 39.0 Å². The summed E-state index contributed by atoms with van der Waals surface area (Å²) in [6.07, 6.45) is 1.50. The molecule has 1 saturated carbocycles. The summed E-state index contributed by atoms with van der Waals surface area (Å²) in [6, 6.07) is 8.83. The van der Waals surface area contributed by atoms with Crippen LogP contribution in [-0.4, -0.2) is 30.9 Å². The second-order valence-corrected chi connectivity index (χ2v) is 7.14. The number of rotatable bonds is 5. The fourth-order valence-corrected chi connectivity index (χ4v) is 2.81. The van der Waals surface area contributed by atoms with Gasteiger partial charge in [-0.15, -0.1) is 0 Å². The van der Waals surface area contributed by atoms with Gasteiger partial charge in [0.2, 0.25) is 0 Å². The molecule has 1 fully saturated rings. The number of carbonyl (C=O) groups excluding carboxylic acids is 1. The van der Waals surface area contributed by atoms with Crippen molar-refractivity contribution in [1.29, 1.82) is 0 Å². The van der Waals surface area contributed by atoms with E-state index in [0.29, 0.717) is 6.04 Å². The molecule has 1 aliphatic carbocycles. The maximum Gasteiger partial charge on any atom is 0.407 e. The number of para-hydroxylation sites is 1. The van der Waals surface area contributed by atoms with Crippen molar-refractivity contribution in [1.82, 2.24) is 10.6 Å². The Bertz CT molecular complexity index is 533. The van der Waals surface area contributed by atoms with Crippen molar-refractivity contribution in [2.45, 2.75) is 64.3 Å². The van der Waals surface area contributed by atoms with E-state index in [1.165, 1.54) is 0 Å². The number of hydrogen-bond acceptors (Lipinski definition) is 4. The largest absolute Gasteiger partial charge is 0.496 e. The number of nitrogens with one attached hydrogen (secondary N) is 2. The molecule has 23 heavy (non-hydrogen) atoms. The van der Waals surface area contributed by atoms with E-state index >= 15 is 0 Å². The summed E-state index contributed by atoms with van der Waals surface area (Å²) in [7, 11) is 1.69. The third-order valence-electron chi connectivity index (χ3n) is 3.95. The summed E-state index contributed by atoms with van der Waals surface area (Å²) in [5.41, 5.74) is 0.697. The van der Waals surface area contributed by atoms with Gasteiger partial charge in [-0.1, -0.05) is 18.2 Å². The first-order valence-corrected chi connectivity index (χ1v) is 8.17. The first kappa shape index (κ1) is 17.6. The molecule has 0 unspecified atom stereocenters. The summed E-state index contributed by atoms with van der Waals surface area (Å²) in [4.78, 5) is 11.7. The third kappa shape index (κ3) is 5.13. The molecule has 128 valence electrons. The van der Waals surface area contributed by atoms with Gasteiger partial charge in [0, 0.05) is 23.7 Å². The zero-order valence-corrected chi connectivity index (χ0v) is 14.7. The van der Waals surface area contributed by atoms with Crippen LogP contribution in [0.25, 0.3) is 0 Å². The van der Waals surface area contributed by atoms with E-state index in [4.69, 9.17) is 9.47 Å². The minimum atomic E-state index is -0.455. The van der Waals surface area contributed by atoms with Crippen LogP contribution in [0.4, 0.5) is 4.79 Å². The van der Waals surface area contributed by atoms with Crippen molar-refractivity contribution in [3.05, 3.63) is 29.8 Å². The molecule has 0 saturated heterocycles. The molecule has 5 nitrogen and oxygen atoms in total. The number of amides is 1. The Morgan fingerprint density at radius 1 is 1.22 bits per heavy atom. The van der Waals surface area contributed by atoms with Gasteiger partial charge in [-0.25, -0.2) is 4.79 Å². The lowest BCUT2D eigenvalue weighted by Gasteiger charge is -2.38. The number of alkyl carbamates (subject to hydrolysis) is 1. The van der Waals surface area contributed by atoms with Gasteiger partial charge in [-0.2, -0.15) is 0 Å². The Morgan fingerprint density at radius 3 is 2.48 bits per heavy atom. The molecule has 5 heteroatoms. The Balaban J connectivity index is 1.76. The van der Waals surface area contributed by atoms with Crippen LogP contribution in [0.3, 0.4) is 0 Å². The molecule has 0 bridgehead atoms. The van der Waals surface area contributed by atoms with Crippen LogP contribution in [0.2, 0.25) is 0 Å². The highest BCUT2D eigenvalue weighted by molar-refractivity contribution is 5.68. The highest BCUT2D eigenvalue weighted by Gasteiger charge is 2.32. The molecule has 1 amide bonds. The molecule has 1 atom stereocenters. The Labute approximate surface area is 138 Å². The number of benzene rings is 1. The van der Waals surface area contributed by atoms with Crippen molar-refractivity contribution in [3.63, 3.8) is 0 Å². The molecule has 0 spiro atoms. The lowest BCUT2D eigenvalue weighted by molar-refractivity contribution is 0.0463. The molecular formula is C18H28N2O3. The van der Waals surface area contributed by atoms with Crippen LogP contribution < -0.4 is 15.4 Å². The number of ether oxygens (including phenoxy) is 2. The van der Waals surface area contributed by atoms with E-state index in [1.54, 1.807) is 7.11 Å². The highest BCUT2D eigenvalue weighted by Crippen LogP contribution is 2.28. The first-order chi connectivity index (χ1) is 10.8. The highest BCUT2D eigenvalue weighted by atomic mass is 16.6. The first-order valence-electron chi connectivity index (χ1n) is 8.17. The minimum Gasteiger partial charge on any atom is -0.496 e. The van der Waals surface area contributed by atoms with Crippen molar-refractivity contribution < 1.29 is 14.3 Å². The maximum atomic E-state index is 11.7. The van der Waals surface area contributed by atoms with Gasteiger partial charge >= 0.3 is 6.09 Å². The third-order valence-corrected chi connectivity index (χ3v) is 3.95. The summed E-state index contributed by atoms with van der Waals surface area (Å²) in [5.74, 6) is 0.898. The standard InChI is InChI=1S/C18H28N2O3/c1-12(15-8-6-7-9-16(15)22-5)19-13-10-14(11-13)20-17(21)23-18(2,3)4/h6-9,12-14,19H,10-11H2,1-5H3,(H,20,21)/t12-,13?,14?/m1/s1. The van der Waals surface area contributed by atoms with Crippen molar-refractivity contribution >= 4 is 6.09 Å². The second-order valence-electron chi connectivity index (χ2n) is 7.14. The monoisotopic (exact) mass is 320 g/mol. The van der Waals surface area contributed by atoms with Gasteiger partial charge in [0.25, 0.3) is 0 Å². The molecular weight excluding hydrogens is 292 g/mol. The Kier molecular flexibility index (Phi) is 5.52. The summed E-state index contributed by atoms with van der Waals surface area (Å²) < 4.78 is 10.7. The predicted molar refractivity (Wildman–Crippen MR) is 90.7 cm³/mol. The summed E-state index contributed by atoms with van der Waals surface area (Å²) >= 11 is 0.